The summed E-state index contributed by atoms with van der Waals surface area (Å²) >= 11 is 6.24. The standard InChI is InChI=1S/C32H37ClN2O4/c1-22(2)28-19-25(24-6-5-7-26(33)18-24)20-39-32(28)23-10-12-27(13-11-23)38-21-31(36)34-29-8-3-4-9-30(29)35-14-16-37-17-15-35/h3-13,18,22,25,28,32H,14-17,19-21H2,1-2H3,(H,34,36)/t25-,28-,32-/m0/s1. The van der Waals surface area contributed by atoms with E-state index in [2.05, 4.69) is 48.3 Å². The molecular formula is C32H37ClN2O4. The summed E-state index contributed by atoms with van der Waals surface area (Å²) in [6.07, 6.45) is 1.07. The average Bonchev–Trinajstić information content (AvgIpc) is 2.97. The second-order valence-corrected chi connectivity index (χ2v) is 11.1. The fourth-order valence-electron chi connectivity index (χ4n) is 5.57. The fourth-order valence-corrected chi connectivity index (χ4v) is 5.77. The van der Waals surface area contributed by atoms with E-state index in [4.69, 9.17) is 25.8 Å². The number of anilines is 2. The largest absolute Gasteiger partial charge is 0.484 e. The van der Waals surface area contributed by atoms with Gasteiger partial charge in [0.15, 0.2) is 6.61 Å². The highest BCUT2D eigenvalue weighted by molar-refractivity contribution is 6.30. The minimum absolute atomic E-state index is 0.0227. The molecule has 6 nitrogen and oxygen atoms in total. The summed E-state index contributed by atoms with van der Waals surface area (Å²) in [6.45, 7) is 8.11. The van der Waals surface area contributed by atoms with Gasteiger partial charge < -0.3 is 24.4 Å². The summed E-state index contributed by atoms with van der Waals surface area (Å²) in [5.41, 5.74) is 4.16. The fraction of sp³-hybridized carbons (Fsp3) is 0.406. The lowest BCUT2D eigenvalue weighted by Gasteiger charge is -2.39. The maximum Gasteiger partial charge on any atom is 0.262 e. The Kier molecular flexibility index (Phi) is 9.07. The molecule has 1 N–H and O–H groups in total. The molecule has 7 heteroatoms. The van der Waals surface area contributed by atoms with Crippen LogP contribution in [0.3, 0.4) is 0 Å². The van der Waals surface area contributed by atoms with Gasteiger partial charge in [0, 0.05) is 24.0 Å². The molecule has 0 radical (unpaired) electrons. The van der Waals surface area contributed by atoms with Crippen LogP contribution in [0.15, 0.2) is 72.8 Å². The molecule has 0 aliphatic carbocycles. The van der Waals surface area contributed by atoms with Gasteiger partial charge in [-0.2, -0.15) is 0 Å². The van der Waals surface area contributed by atoms with Crippen LogP contribution in [0, 0.1) is 11.8 Å². The highest BCUT2D eigenvalue weighted by Gasteiger charge is 2.35. The summed E-state index contributed by atoms with van der Waals surface area (Å²) in [5, 5.41) is 3.77. The number of hydrogen-bond donors (Lipinski definition) is 1. The Hall–Kier alpha value is -3.06. The number of nitrogens with one attached hydrogen (secondary N) is 1. The number of halogens is 1. The number of rotatable bonds is 8. The summed E-state index contributed by atoms with van der Waals surface area (Å²) in [6, 6.07) is 23.9. The van der Waals surface area contributed by atoms with Gasteiger partial charge in [-0.1, -0.05) is 61.8 Å². The van der Waals surface area contributed by atoms with Crippen LogP contribution in [0.1, 0.15) is 43.4 Å². The number of carbonyl (C=O) groups excluding carboxylic acids is 1. The van der Waals surface area contributed by atoms with E-state index in [1.54, 1.807) is 0 Å². The monoisotopic (exact) mass is 548 g/mol. The second kappa shape index (κ2) is 12.9. The van der Waals surface area contributed by atoms with Crippen molar-refractivity contribution < 1.29 is 19.0 Å². The Morgan fingerprint density at radius 2 is 1.79 bits per heavy atom. The van der Waals surface area contributed by atoms with E-state index in [1.807, 2.05) is 48.5 Å². The van der Waals surface area contributed by atoms with E-state index >= 15 is 0 Å². The zero-order valence-corrected chi connectivity index (χ0v) is 23.4. The first-order valence-corrected chi connectivity index (χ1v) is 14.2. The Labute approximate surface area is 236 Å². The molecule has 206 valence electrons. The van der Waals surface area contributed by atoms with Crippen molar-refractivity contribution in [3.63, 3.8) is 0 Å². The van der Waals surface area contributed by atoms with Crippen molar-refractivity contribution in [1.82, 2.24) is 0 Å². The van der Waals surface area contributed by atoms with Crippen LogP contribution in [0.25, 0.3) is 0 Å². The topological polar surface area (TPSA) is 60.0 Å². The summed E-state index contributed by atoms with van der Waals surface area (Å²) in [7, 11) is 0. The van der Waals surface area contributed by atoms with Gasteiger partial charge in [-0.15, -0.1) is 0 Å². The van der Waals surface area contributed by atoms with Crippen molar-refractivity contribution in [1.29, 1.82) is 0 Å². The van der Waals surface area contributed by atoms with Crippen LogP contribution in [0.5, 0.6) is 5.75 Å². The van der Waals surface area contributed by atoms with Crippen molar-refractivity contribution in [3.05, 3.63) is 88.9 Å². The molecule has 5 rings (SSSR count). The molecule has 0 spiro atoms. The van der Waals surface area contributed by atoms with Gasteiger partial charge in [-0.3, -0.25) is 4.79 Å². The molecule has 1 amide bonds. The summed E-state index contributed by atoms with van der Waals surface area (Å²) < 4.78 is 17.7. The SMILES string of the molecule is CC(C)[C@@H]1C[C@H](c2cccc(Cl)c2)CO[C@H]1c1ccc(OCC(=O)Nc2ccccc2N2CCOCC2)cc1. The van der Waals surface area contributed by atoms with Crippen molar-refractivity contribution in [2.24, 2.45) is 11.8 Å². The van der Waals surface area contributed by atoms with Crippen molar-refractivity contribution in [2.75, 3.05) is 49.7 Å². The number of morpholine rings is 1. The molecule has 2 aliphatic rings. The van der Waals surface area contributed by atoms with Gasteiger partial charge >= 0.3 is 0 Å². The smallest absolute Gasteiger partial charge is 0.262 e. The molecule has 0 bridgehead atoms. The van der Waals surface area contributed by atoms with Gasteiger partial charge in [0.2, 0.25) is 0 Å². The second-order valence-electron chi connectivity index (χ2n) is 10.7. The van der Waals surface area contributed by atoms with Crippen molar-refractivity contribution in [3.8, 4) is 5.75 Å². The highest BCUT2D eigenvalue weighted by Crippen LogP contribution is 2.44. The molecule has 0 unspecified atom stereocenters. The van der Waals surface area contributed by atoms with Crippen LogP contribution < -0.4 is 15.0 Å². The first kappa shape index (κ1) is 27.5. The van der Waals surface area contributed by atoms with Gasteiger partial charge in [0.1, 0.15) is 5.75 Å². The minimum atomic E-state index is -0.192. The Bertz CT molecular complexity index is 1240. The first-order chi connectivity index (χ1) is 19.0. The normalized spacial score (nSPS) is 21.5. The zero-order valence-electron chi connectivity index (χ0n) is 22.6. The quantitative estimate of drug-likeness (QED) is 0.339. The lowest BCUT2D eigenvalue weighted by Crippen LogP contribution is -2.37. The molecule has 2 fully saturated rings. The highest BCUT2D eigenvalue weighted by atomic mass is 35.5. The van der Waals surface area contributed by atoms with Gasteiger partial charge in [0.25, 0.3) is 5.91 Å². The number of nitrogens with zero attached hydrogens (tertiary/aromatic N) is 1. The predicted molar refractivity (Wildman–Crippen MR) is 156 cm³/mol. The van der Waals surface area contributed by atoms with Gasteiger partial charge in [-0.05, 0) is 65.8 Å². The maximum absolute atomic E-state index is 12.7. The van der Waals surface area contributed by atoms with Crippen LogP contribution in [0.2, 0.25) is 5.02 Å². The van der Waals surface area contributed by atoms with Crippen LogP contribution >= 0.6 is 11.6 Å². The Morgan fingerprint density at radius 3 is 2.54 bits per heavy atom. The summed E-state index contributed by atoms with van der Waals surface area (Å²) in [4.78, 5) is 14.9. The molecular weight excluding hydrogens is 512 g/mol. The third kappa shape index (κ3) is 6.93. The molecule has 3 aromatic carbocycles. The molecule has 0 aromatic heterocycles. The molecule has 3 aromatic rings. The Balaban J connectivity index is 1.18. The maximum atomic E-state index is 12.7. The predicted octanol–water partition coefficient (Wildman–Crippen LogP) is 6.71. The van der Waals surface area contributed by atoms with Crippen LogP contribution in [-0.4, -0.2) is 45.4 Å². The van der Waals surface area contributed by atoms with Crippen LogP contribution in [-0.2, 0) is 14.3 Å². The first-order valence-electron chi connectivity index (χ1n) is 13.8. The Morgan fingerprint density at radius 1 is 1.03 bits per heavy atom. The molecule has 2 saturated heterocycles. The third-order valence-electron chi connectivity index (χ3n) is 7.71. The molecule has 2 heterocycles. The average molecular weight is 549 g/mol. The zero-order chi connectivity index (χ0) is 27.2. The molecule has 2 aliphatic heterocycles. The lowest BCUT2D eigenvalue weighted by atomic mass is 9.76. The number of para-hydroxylation sites is 2. The van der Waals surface area contributed by atoms with E-state index < -0.39 is 0 Å². The van der Waals surface area contributed by atoms with E-state index in [-0.39, 0.29) is 18.6 Å². The number of benzene rings is 3. The molecule has 3 atom stereocenters. The van der Waals surface area contributed by atoms with E-state index in [9.17, 15) is 4.79 Å². The van der Waals surface area contributed by atoms with Gasteiger partial charge in [-0.25, -0.2) is 0 Å². The number of amides is 1. The lowest BCUT2D eigenvalue weighted by molar-refractivity contribution is -0.118. The minimum Gasteiger partial charge on any atom is -0.484 e. The van der Waals surface area contributed by atoms with E-state index in [0.717, 1.165) is 41.5 Å². The number of carbonyl (C=O) groups is 1. The number of ether oxygens (including phenoxy) is 3. The summed E-state index contributed by atoms with van der Waals surface area (Å²) in [5.74, 6) is 1.65. The molecule has 39 heavy (non-hydrogen) atoms. The van der Waals surface area contributed by atoms with Crippen molar-refractivity contribution >= 4 is 28.9 Å². The van der Waals surface area contributed by atoms with Gasteiger partial charge in [0.05, 0.1) is 37.3 Å². The van der Waals surface area contributed by atoms with Crippen molar-refractivity contribution in [2.45, 2.75) is 32.3 Å². The number of hydrogen-bond acceptors (Lipinski definition) is 5. The van der Waals surface area contributed by atoms with Crippen LogP contribution in [0.4, 0.5) is 11.4 Å². The third-order valence-corrected chi connectivity index (χ3v) is 7.94. The van der Waals surface area contributed by atoms with E-state index in [0.29, 0.717) is 43.3 Å². The molecule has 0 saturated carbocycles. The van der Waals surface area contributed by atoms with E-state index in [1.165, 1.54) is 5.56 Å².